The Morgan fingerprint density at radius 1 is 1.11 bits per heavy atom. The summed E-state index contributed by atoms with van der Waals surface area (Å²) in [4.78, 5) is 27.8. The highest BCUT2D eigenvalue weighted by molar-refractivity contribution is 5.95. The Balaban J connectivity index is 1.51. The number of aromatic nitrogens is 3. The van der Waals surface area contributed by atoms with Gasteiger partial charge in [-0.2, -0.15) is 10.4 Å². The lowest BCUT2D eigenvalue weighted by atomic mass is 10.1. The summed E-state index contributed by atoms with van der Waals surface area (Å²) in [6.45, 7) is -0.399. The maximum atomic E-state index is 12.0. The first kappa shape index (κ1) is 17.8. The van der Waals surface area contributed by atoms with Crippen LogP contribution in [0.5, 0.6) is 0 Å². The van der Waals surface area contributed by atoms with Gasteiger partial charge >= 0.3 is 5.97 Å². The SMILES string of the molecule is N#CCc1ccc(NC(=O)COC(=O)c2ccc(-n3cncn3)cc2)cc1. The lowest BCUT2D eigenvalue weighted by molar-refractivity contribution is -0.119. The number of esters is 1. The van der Waals surface area contributed by atoms with Crippen molar-refractivity contribution in [2.75, 3.05) is 11.9 Å². The van der Waals surface area contributed by atoms with Gasteiger partial charge in [-0.15, -0.1) is 0 Å². The summed E-state index contributed by atoms with van der Waals surface area (Å²) in [7, 11) is 0. The maximum Gasteiger partial charge on any atom is 0.338 e. The zero-order valence-corrected chi connectivity index (χ0v) is 14.2. The van der Waals surface area contributed by atoms with E-state index in [1.54, 1.807) is 59.5 Å². The Morgan fingerprint density at radius 3 is 2.48 bits per heavy atom. The topological polar surface area (TPSA) is 110 Å². The third-order valence-corrected chi connectivity index (χ3v) is 3.64. The summed E-state index contributed by atoms with van der Waals surface area (Å²) in [6.07, 6.45) is 3.27. The Kier molecular flexibility index (Phi) is 5.54. The number of rotatable bonds is 6. The van der Waals surface area contributed by atoms with E-state index in [0.717, 1.165) is 11.3 Å². The molecule has 1 amide bonds. The van der Waals surface area contributed by atoms with Crippen LogP contribution >= 0.6 is 0 Å². The molecule has 0 aliphatic heterocycles. The van der Waals surface area contributed by atoms with Gasteiger partial charge in [-0.25, -0.2) is 14.5 Å². The maximum absolute atomic E-state index is 12.0. The van der Waals surface area contributed by atoms with Gasteiger partial charge in [0, 0.05) is 5.69 Å². The molecule has 3 rings (SSSR count). The van der Waals surface area contributed by atoms with Crippen LogP contribution in [0.3, 0.4) is 0 Å². The van der Waals surface area contributed by atoms with Gasteiger partial charge in [0.25, 0.3) is 5.91 Å². The van der Waals surface area contributed by atoms with Gasteiger partial charge in [0.1, 0.15) is 12.7 Å². The number of nitrogens with one attached hydrogen (secondary N) is 1. The fraction of sp³-hybridized carbons (Fsp3) is 0.105. The molecule has 1 aromatic heterocycles. The molecule has 0 aliphatic carbocycles. The number of carbonyl (C=O) groups is 2. The molecule has 0 spiro atoms. The van der Waals surface area contributed by atoms with E-state index < -0.39 is 18.5 Å². The number of ether oxygens (including phenoxy) is 1. The smallest absolute Gasteiger partial charge is 0.338 e. The molecule has 0 saturated heterocycles. The second kappa shape index (κ2) is 8.40. The zero-order valence-electron chi connectivity index (χ0n) is 14.2. The summed E-state index contributed by atoms with van der Waals surface area (Å²) in [5.41, 5.74) is 2.50. The second-order valence-corrected chi connectivity index (χ2v) is 5.54. The average Bonchev–Trinajstić information content (AvgIpc) is 3.23. The van der Waals surface area contributed by atoms with E-state index in [1.165, 1.54) is 6.33 Å². The molecule has 0 aliphatic rings. The fourth-order valence-corrected chi connectivity index (χ4v) is 2.30. The van der Waals surface area contributed by atoms with Gasteiger partial charge in [-0.3, -0.25) is 4.79 Å². The highest BCUT2D eigenvalue weighted by atomic mass is 16.5. The Bertz CT molecular complexity index is 958. The monoisotopic (exact) mass is 361 g/mol. The Hall–Kier alpha value is -3.99. The molecule has 1 heterocycles. The average molecular weight is 361 g/mol. The van der Waals surface area contributed by atoms with Crippen LogP contribution in [-0.4, -0.2) is 33.2 Å². The molecule has 3 aromatic rings. The van der Waals surface area contributed by atoms with E-state index in [9.17, 15) is 9.59 Å². The number of nitriles is 1. The quantitative estimate of drug-likeness (QED) is 0.674. The third-order valence-electron chi connectivity index (χ3n) is 3.64. The van der Waals surface area contributed by atoms with Crippen molar-refractivity contribution in [1.29, 1.82) is 5.26 Å². The Labute approximate surface area is 155 Å². The molecule has 134 valence electrons. The van der Waals surface area contributed by atoms with Gasteiger partial charge in [0.2, 0.25) is 0 Å². The molecule has 27 heavy (non-hydrogen) atoms. The van der Waals surface area contributed by atoms with Crippen LogP contribution in [0.4, 0.5) is 5.69 Å². The van der Waals surface area contributed by atoms with Crippen LogP contribution in [0.15, 0.2) is 61.2 Å². The number of hydrogen-bond donors (Lipinski definition) is 1. The van der Waals surface area contributed by atoms with Crippen molar-refractivity contribution in [1.82, 2.24) is 14.8 Å². The standard InChI is InChI=1S/C19H15N5O3/c20-10-9-14-1-5-16(6-2-14)23-18(25)11-27-19(26)15-3-7-17(8-4-15)24-13-21-12-22-24/h1-8,12-13H,9,11H2,(H,23,25). The number of nitrogens with zero attached hydrogens (tertiary/aromatic N) is 4. The minimum atomic E-state index is -0.598. The summed E-state index contributed by atoms with van der Waals surface area (Å²) in [5, 5.41) is 15.3. The second-order valence-electron chi connectivity index (χ2n) is 5.54. The summed E-state index contributed by atoms with van der Waals surface area (Å²) in [5.74, 6) is -1.05. The zero-order chi connectivity index (χ0) is 19.1. The van der Waals surface area contributed by atoms with Gasteiger partial charge in [0.15, 0.2) is 6.61 Å². The first-order valence-electron chi connectivity index (χ1n) is 8.03. The van der Waals surface area contributed by atoms with Crippen molar-refractivity contribution in [3.63, 3.8) is 0 Å². The van der Waals surface area contributed by atoms with E-state index in [2.05, 4.69) is 21.5 Å². The normalized spacial score (nSPS) is 10.0. The highest BCUT2D eigenvalue weighted by Crippen LogP contribution is 2.11. The minimum Gasteiger partial charge on any atom is -0.452 e. The molecule has 0 fully saturated rings. The first-order valence-corrected chi connectivity index (χ1v) is 8.03. The van der Waals surface area contributed by atoms with Crippen LogP contribution in [0.1, 0.15) is 15.9 Å². The number of anilines is 1. The van der Waals surface area contributed by atoms with Crippen molar-refractivity contribution >= 4 is 17.6 Å². The molecule has 2 aromatic carbocycles. The van der Waals surface area contributed by atoms with E-state index in [-0.39, 0.29) is 0 Å². The third kappa shape index (κ3) is 4.76. The molecule has 8 heteroatoms. The highest BCUT2D eigenvalue weighted by Gasteiger charge is 2.11. The van der Waals surface area contributed by atoms with Crippen molar-refractivity contribution in [3.05, 3.63) is 72.3 Å². The number of benzene rings is 2. The van der Waals surface area contributed by atoms with Crippen LogP contribution in [0.25, 0.3) is 5.69 Å². The molecular weight excluding hydrogens is 346 g/mol. The molecule has 0 bridgehead atoms. The van der Waals surface area contributed by atoms with Gasteiger partial charge < -0.3 is 10.1 Å². The van der Waals surface area contributed by atoms with E-state index in [4.69, 9.17) is 10.00 Å². The number of hydrogen-bond acceptors (Lipinski definition) is 6. The van der Waals surface area contributed by atoms with Crippen LogP contribution in [0.2, 0.25) is 0 Å². The van der Waals surface area contributed by atoms with E-state index in [1.807, 2.05) is 0 Å². The largest absolute Gasteiger partial charge is 0.452 e. The molecular formula is C19H15N5O3. The van der Waals surface area contributed by atoms with Crippen LogP contribution < -0.4 is 5.32 Å². The number of carbonyl (C=O) groups excluding carboxylic acids is 2. The van der Waals surface area contributed by atoms with Crippen molar-refractivity contribution in [2.24, 2.45) is 0 Å². The van der Waals surface area contributed by atoms with Crippen molar-refractivity contribution in [3.8, 4) is 11.8 Å². The summed E-state index contributed by atoms with van der Waals surface area (Å²) >= 11 is 0. The lowest BCUT2D eigenvalue weighted by Gasteiger charge is -2.07. The molecule has 0 unspecified atom stereocenters. The van der Waals surface area contributed by atoms with E-state index >= 15 is 0 Å². The molecule has 0 atom stereocenters. The van der Waals surface area contributed by atoms with Crippen molar-refractivity contribution in [2.45, 2.75) is 6.42 Å². The minimum absolute atomic E-state index is 0.307. The first-order chi connectivity index (χ1) is 13.2. The van der Waals surface area contributed by atoms with Gasteiger partial charge in [0.05, 0.1) is 23.7 Å². The summed E-state index contributed by atoms with van der Waals surface area (Å²) < 4.78 is 6.59. The molecule has 0 radical (unpaired) electrons. The van der Waals surface area contributed by atoms with Gasteiger partial charge in [-0.1, -0.05) is 12.1 Å². The van der Waals surface area contributed by atoms with Crippen molar-refractivity contribution < 1.29 is 14.3 Å². The molecule has 8 nitrogen and oxygen atoms in total. The van der Waals surface area contributed by atoms with Crippen LogP contribution in [-0.2, 0) is 16.0 Å². The van der Waals surface area contributed by atoms with Crippen LogP contribution in [0, 0.1) is 11.3 Å². The fourth-order valence-electron chi connectivity index (χ4n) is 2.30. The van der Waals surface area contributed by atoms with Gasteiger partial charge in [-0.05, 0) is 42.0 Å². The van der Waals surface area contributed by atoms with E-state index in [0.29, 0.717) is 17.7 Å². The number of amides is 1. The predicted octanol–water partition coefficient (Wildman–Crippen LogP) is 2.13. The predicted molar refractivity (Wildman–Crippen MR) is 96.0 cm³/mol. The lowest BCUT2D eigenvalue weighted by Crippen LogP contribution is -2.20. The molecule has 0 saturated carbocycles. The summed E-state index contributed by atoms with van der Waals surface area (Å²) in [6, 6.07) is 15.5. The molecule has 1 N–H and O–H groups in total. The Morgan fingerprint density at radius 2 is 1.85 bits per heavy atom.